The first-order valence-electron chi connectivity index (χ1n) is 7.75. The summed E-state index contributed by atoms with van der Waals surface area (Å²) in [7, 11) is 0. The fraction of sp³-hybridized carbons (Fsp3) is 0.800. The third-order valence-electron chi connectivity index (χ3n) is 5.26. The van der Waals surface area contributed by atoms with Crippen LogP contribution in [-0.2, 0) is 0 Å². The molecule has 1 aromatic rings. The summed E-state index contributed by atoms with van der Waals surface area (Å²) >= 11 is 0. The van der Waals surface area contributed by atoms with E-state index >= 15 is 0 Å². The lowest BCUT2D eigenvalue weighted by molar-refractivity contribution is 0.221. The molecule has 1 aromatic heterocycles. The van der Waals surface area contributed by atoms with Crippen LogP contribution in [0.5, 0.6) is 0 Å². The number of anilines is 1. The summed E-state index contributed by atoms with van der Waals surface area (Å²) in [4.78, 5) is 0. The zero-order valence-electron chi connectivity index (χ0n) is 11.1. The molecule has 0 radical (unpaired) electrons. The predicted molar refractivity (Wildman–Crippen MR) is 72.9 cm³/mol. The lowest BCUT2D eigenvalue weighted by Gasteiger charge is -2.36. The lowest BCUT2D eigenvalue weighted by Crippen LogP contribution is -2.35. The van der Waals surface area contributed by atoms with Crippen molar-refractivity contribution in [1.82, 2.24) is 9.78 Å². The number of nitrogens with zero attached hydrogens (tertiary/aromatic N) is 2. The molecule has 0 aromatic carbocycles. The number of nitrogens with one attached hydrogen (secondary N) is 1. The van der Waals surface area contributed by atoms with Gasteiger partial charge in [-0.05, 0) is 31.6 Å². The topological polar surface area (TPSA) is 29.9 Å². The second-order valence-electron chi connectivity index (χ2n) is 6.37. The van der Waals surface area contributed by atoms with E-state index in [-0.39, 0.29) is 0 Å². The van der Waals surface area contributed by atoms with Gasteiger partial charge in [-0.25, -0.2) is 4.68 Å². The van der Waals surface area contributed by atoms with Gasteiger partial charge >= 0.3 is 0 Å². The van der Waals surface area contributed by atoms with Crippen molar-refractivity contribution >= 4 is 5.82 Å². The molecule has 1 N–H and O–H groups in total. The van der Waals surface area contributed by atoms with Crippen molar-refractivity contribution < 1.29 is 0 Å². The second-order valence-corrected chi connectivity index (χ2v) is 6.37. The average molecular weight is 245 g/mol. The van der Waals surface area contributed by atoms with Gasteiger partial charge < -0.3 is 5.32 Å². The fourth-order valence-electron chi connectivity index (χ4n) is 4.20. The first-order chi connectivity index (χ1) is 8.92. The molecule has 0 bridgehead atoms. The molecular formula is C15H23N3. The lowest BCUT2D eigenvalue weighted by atomic mass is 9.83. The molecule has 2 atom stereocenters. The minimum atomic E-state index is 0.685. The van der Waals surface area contributed by atoms with Crippen LogP contribution in [0.25, 0.3) is 0 Å². The zero-order valence-corrected chi connectivity index (χ0v) is 11.1. The number of aromatic nitrogens is 2. The standard InChI is InChI=1S/C15H23N3/c1-2-6-11(5-1)13-9-15-16-10-12-7-3-4-8-14(12)18(15)17-13/h9,11-12,14,16H,1-8,10H2. The van der Waals surface area contributed by atoms with Gasteiger partial charge in [-0.15, -0.1) is 0 Å². The minimum Gasteiger partial charge on any atom is -0.370 e. The van der Waals surface area contributed by atoms with Gasteiger partial charge in [0, 0.05) is 18.5 Å². The molecule has 0 spiro atoms. The highest BCUT2D eigenvalue weighted by molar-refractivity contribution is 5.41. The molecule has 3 heteroatoms. The Balaban J connectivity index is 1.65. The Labute approximate surface area is 109 Å². The fourth-order valence-corrected chi connectivity index (χ4v) is 4.20. The van der Waals surface area contributed by atoms with E-state index in [2.05, 4.69) is 16.1 Å². The van der Waals surface area contributed by atoms with Crippen molar-refractivity contribution in [3.8, 4) is 0 Å². The maximum Gasteiger partial charge on any atom is 0.124 e. The zero-order chi connectivity index (χ0) is 11.9. The highest BCUT2D eigenvalue weighted by Gasteiger charge is 2.33. The molecule has 3 aliphatic rings. The summed E-state index contributed by atoms with van der Waals surface area (Å²) in [6, 6.07) is 3.02. The summed E-state index contributed by atoms with van der Waals surface area (Å²) in [5.41, 5.74) is 1.36. The molecule has 0 amide bonds. The van der Waals surface area contributed by atoms with Crippen molar-refractivity contribution in [1.29, 1.82) is 0 Å². The van der Waals surface area contributed by atoms with Gasteiger partial charge in [0.2, 0.25) is 0 Å². The highest BCUT2D eigenvalue weighted by atomic mass is 15.4. The Bertz CT molecular complexity index is 431. The molecule has 2 aliphatic carbocycles. The number of hydrogen-bond acceptors (Lipinski definition) is 2. The van der Waals surface area contributed by atoms with E-state index in [0.29, 0.717) is 6.04 Å². The van der Waals surface area contributed by atoms with Crippen LogP contribution >= 0.6 is 0 Å². The van der Waals surface area contributed by atoms with Crippen molar-refractivity contribution in [2.24, 2.45) is 5.92 Å². The largest absolute Gasteiger partial charge is 0.370 e. The minimum absolute atomic E-state index is 0.685. The van der Waals surface area contributed by atoms with Crippen molar-refractivity contribution in [2.75, 3.05) is 11.9 Å². The van der Waals surface area contributed by atoms with Crippen LogP contribution in [0.1, 0.15) is 69.0 Å². The summed E-state index contributed by atoms with van der Waals surface area (Å²) in [6.07, 6.45) is 11.0. The molecule has 0 saturated heterocycles. The van der Waals surface area contributed by atoms with Crippen LogP contribution in [0.4, 0.5) is 5.82 Å². The Morgan fingerprint density at radius 3 is 2.72 bits per heavy atom. The number of rotatable bonds is 1. The van der Waals surface area contributed by atoms with Crippen molar-refractivity contribution in [3.63, 3.8) is 0 Å². The summed E-state index contributed by atoms with van der Waals surface area (Å²) in [6.45, 7) is 1.17. The van der Waals surface area contributed by atoms with Gasteiger partial charge in [0.25, 0.3) is 0 Å². The van der Waals surface area contributed by atoms with Gasteiger partial charge in [-0.1, -0.05) is 25.7 Å². The molecule has 2 saturated carbocycles. The van der Waals surface area contributed by atoms with Crippen LogP contribution in [0.3, 0.4) is 0 Å². The van der Waals surface area contributed by atoms with Crippen molar-refractivity contribution in [3.05, 3.63) is 11.8 Å². The molecule has 3 nitrogen and oxygen atoms in total. The molecule has 2 unspecified atom stereocenters. The van der Waals surface area contributed by atoms with Gasteiger partial charge in [-0.3, -0.25) is 0 Å². The quantitative estimate of drug-likeness (QED) is 0.817. The van der Waals surface area contributed by atoms with Gasteiger partial charge in [0.15, 0.2) is 0 Å². The van der Waals surface area contributed by atoms with E-state index < -0.39 is 0 Å². The Morgan fingerprint density at radius 2 is 1.83 bits per heavy atom. The number of fused-ring (bicyclic) bond motifs is 3. The highest BCUT2D eigenvalue weighted by Crippen LogP contribution is 2.41. The van der Waals surface area contributed by atoms with Crippen LogP contribution < -0.4 is 5.32 Å². The molecule has 98 valence electrons. The third kappa shape index (κ3) is 1.67. The monoisotopic (exact) mass is 245 g/mol. The molecule has 18 heavy (non-hydrogen) atoms. The van der Waals surface area contributed by atoms with E-state index in [0.717, 1.165) is 11.8 Å². The van der Waals surface area contributed by atoms with E-state index in [1.165, 1.54) is 69.4 Å². The predicted octanol–water partition coefficient (Wildman–Crippen LogP) is 3.70. The van der Waals surface area contributed by atoms with E-state index in [1.807, 2.05) is 0 Å². The van der Waals surface area contributed by atoms with Crippen LogP contribution in [0.15, 0.2) is 6.07 Å². The van der Waals surface area contributed by atoms with E-state index in [9.17, 15) is 0 Å². The molecule has 1 aliphatic heterocycles. The first kappa shape index (κ1) is 10.9. The smallest absolute Gasteiger partial charge is 0.124 e. The maximum atomic E-state index is 4.97. The van der Waals surface area contributed by atoms with Crippen LogP contribution in [0.2, 0.25) is 0 Å². The van der Waals surface area contributed by atoms with Crippen LogP contribution in [0, 0.1) is 5.92 Å². The third-order valence-corrected chi connectivity index (χ3v) is 5.26. The first-order valence-corrected chi connectivity index (χ1v) is 7.75. The van der Waals surface area contributed by atoms with E-state index in [4.69, 9.17) is 5.10 Å². The molecule has 2 heterocycles. The maximum absolute atomic E-state index is 4.97. The summed E-state index contributed by atoms with van der Waals surface area (Å²) in [5, 5.41) is 8.58. The van der Waals surface area contributed by atoms with Crippen molar-refractivity contribution in [2.45, 2.75) is 63.3 Å². The molecule has 4 rings (SSSR count). The second kappa shape index (κ2) is 4.29. The summed E-state index contributed by atoms with van der Waals surface area (Å²) in [5.74, 6) is 2.86. The van der Waals surface area contributed by atoms with Gasteiger partial charge in [-0.2, -0.15) is 5.10 Å². The molecular weight excluding hydrogens is 222 g/mol. The Kier molecular flexibility index (Phi) is 2.59. The van der Waals surface area contributed by atoms with Crippen LogP contribution in [-0.4, -0.2) is 16.3 Å². The normalized spacial score (nSPS) is 31.8. The van der Waals surface area contributed by atoms with Gasteiger partial charge in [0.1, 0.15) is 5.82 Å². The SMILES string of the molecule is c1c(C2CCCC2)nn2c1NCC1CCCCC12. The Hall–Kier alpha value is -0.990. The van der Waals surface area contributed by atoms with E-state index in [1.54, 1.807) is 0 Å². The summed E-state index contributed by atoms with van der Waals surface area (Å²) < 4.78 is 2.33. The Morgan fingerprint density at radius 1 is 1.06 bits per heavy atom. The average Bonchev–Trinajstić information content (AvgIpc) is 3.07. The number of hydrogen-bond donors (Lipinski definition) is 1. The molecule has 2 fully saturated rings. The van der Waals surface area contributed by atoms with Gasteiger partial charge in [0.05, 0.1) is 11.7 Å².